The Kier molecular flexibility index (Phi) is 7.08. The van der Waals surface area contributed by atoms with Gasteiger partial charge in [0.15, 0.2) is 12.7 Å². The van der Waals surface area contributed by atoms with Crippen molar-refractivity contribution >= 4 is 23.2 Å². The van der Waals surface area contributed by atoms with Crippen LogP contribution in [0.3, 0.4) is 0 Å². The molecule has 3 atom stereocenters. The van der Waals surface area contributed by atoms with Gasteiger partial charge in [0.2, 0.25) is 0 Å². The number of piperidine rings is 1. The summed E-state index contributed by atoms with van der Waals surface area (Å²) in [5.74, 6) is 0.604. The van der Waals surface area contributed by atoms with Crippen molar-refractivity contribution in [2.75, 3.05) is 6.61 Å². The van der Waals surface area contributed by atoms with Crippen LogP contribution < -0.4 is 4.74 Å². The molecule has 9 heteroatoms. The first-order valence-electron chi connectivity index (χ1n) is 11.0. The lowest BCUT2D eigenvalue weighted by molar-refractivity contribution is -0.139. The van der Waals surface area contributed by atoms with Gasteiger partial charge in [-0.25, -0.2) is 4.79 Å². The minimum atomic E-state index is -0.694. The van der Waals surface area contributed by atoms with E-state index in [0.29, 0.717) is 17.2 Å². The van der Waals surface area contributed by atoms with Crippen LogP contribution in [0.4, 0.5) is 0 Å². The molecule has 8 nitrogen and oxygen atoms in total. The summed E-state index contributed by atoms with van der Waals surface area (Å²) in [6.45, 7) is 5.80. The predicted molar refractivity (Wildman–Crippen MR) is 123 cm³/mol. The molecule has 1 amide bonds. The highest BCUT2D eigenvalue weighted by atomic mass is 32.1. The Morgan fingerprint density at radius 2 is 1.88 bits per heavy atom. The molecule has 4 rings (SSSR count). The highest BCUT2D eigenvalue weighted by molar-refractivity contribution is 7.13. The molecule has 0 aliphatic carbocycles. The average molecular weight is 470 g/mol. The van der Waals surface area contributed by atoms with Crippen LogP contribution in [-0.2, 0) is 9.53 Å². The number of amides is 1. The second-order valence-electron chi connectivity index (χ2n) is 8.21. The third kappa shape index (κ3) is 5.42. The van der Waals surface area contributed by atoms with Crippen molar-refractivity contribution in [3.05, 3.63) is 53.2 Å². The molecule has 174 valence electrons. The summed E-state index contributed by atoms with van der Waals surface area (Å²) in [5, 5.41) is 9.90. The van der Waals surface area contributed by atoms with E-state index in [0.717, 1.165) is 24.1 Å². The zero-order valence-electron chi connectivity index (χ0n) is 18.9. The van der Waals surface area contributed by atoms with Crippen LogP contribution in [0.15, 0.2) is 46.2 Å². The van der Waals surface area contributed by atoms with Crippen molar-refractivity contribution in [3.8, 4) is 16.5 Å². The topological polar surface area (TPSA) is 94.8 Å². The van der Waals surface area contributed by atoms with Gasteiger partial charge < -0.3 is 18.8 Å². The molecule has 1 saturated heterocycles. The fourth-order valence-corrected chi connectivity index (χ4v) is 4.64. The number of nitrogens with zero attached hydrogens (tertiary/aromatic N) is 3. The van der Waals surface area contributed by atoms with E-state index in [1.807, 2.05) is 22.4 Å². The molecular formula is C24H27N3O5S. The van der Waals surface area contributed by atoms with Gasteiger partial charge in [-0.05, 0) is 75.7 Å². The van der Waals surface area contributed by atoms with Crippen molar-refractivity contribution in [2.24, 2.45) is 0 Å². The van der Waals surface area contributed by atoms with Crippen LogP contribution in [0.1, 0.15) is 62.4 Å². The monoisotopic (exact) mass is 469 g/mol. The maximum Gasteiger partial charge on any atom is 0.338 e. The lowest BCUT2D eigenvalue weighted by atomic mass is 9.97. The Bertz CT molecular complexity index is 1070. The van der Waals surface area contributed by atoms with E-state index in [1.54, 1.807) is 31.2 Å². The minimum Gasteiger partial charge on any atom is -0.484 e. The summed E-state index contributed by atoms with van der Waals surface area (Å²) < 4.78 is 16.7. The van der Waals surface area contributed by atoms with Gasteiger partial charge >= 0.3 is 5.97 Å². The van der Waals surface area contributed by atoms with E-state index in [-0.39, 0.29) is 30.5 Å². The lowest BCUT2D eigenvalue weighted by Gasteiger charge is -2.38. The summed E-state index contributed by atoms with van der Waals surface area (Å²) in [4.78, 5) is 27.9. The SMILES string of the molecule is CC(OC(=O)c1ccc(OCC(=O)N2C(C)CCCC2C)cc1)c1nnc(-c2cccs2)o1. The molecule has 0 radical (unpaired) electrons. The first kappa shape index (κ1) is 23.0. The van der Waals surface area contributed by atoms with Gasteiger partial charge in [-0.1, -0.05) is 6.07 Å². The standard InChI is InChI=1S/C24H27N3O5S/c1-15-6-4-7-16(2)27(15)21(28)14-30-19-11-9-18(10-12-19)24(29)31-17(3)22-25-26-23(32-22)20-8-5-13-33-20/h5,8-13,15-17H,4,6-7,14H2,1-3H3. The van der Waals surface area contributed by atoms with Crippen molar-refractivity contribution in [3.63, 3.8) is 0 Å². The number of likely N-dealkylation sites (tertiary alicyclic amines) is 1. The Balaban J connectivity index is 1.30. The largest absolute Gasteiger partial charge is 0.484 e. The van der Waals surface area contributed by atoms with E-state index < -0.39 is 12.1 Å². The van der Waals surface area contributed by atoms with Crippen LogP contribution in [0.5, 0.6) is 5.75 Å². The highest BCUT2D eigenvalue weighted by Crippen LogP contribution is 2.27. The van der Waals surface area contributed by atoms with Gasteiger partial charge in [0.05, 0.1) is 10.4 Å². The molecule has 1 aromatic carbocycles. The molecule has 1 fully saturated rings. The number of carbonyl (C=O) groups is 2. The van der Waals surface area contributed by atoms with Crippen LogP contribution in [0.25, 0.3) is 10.8 Å². The van der Waals surface area contributed by atoms with Crippen LogP contribution >= 0.6 is 11.3 Å². The van der Waals surface area contributed by atoms with Gasteiger partial charge in [-0.15, -0.1) is 21.5 Å². The predicted octanol–water partition coefficient (Wildman–Crippen LogP) is 4.88. The Morgan fingerprint density at radius 3 is 2.55 bits per heavy atom. The summed E-state index contributed by atoms with van der Waals surface area (Å²) in [6, 6.07) is 10.7. The van der Waals surface area contributed by atoms with Gasteiger partial charge in [-0.3, -0.25) is 4.79 Å². The van der Waals surface area contributed by atoms with E-state index >= 15 is 0 Å². The zero-order chi connectivity index (χ0) is 23.4. The van der Waals surface area contributed by atoms with Crippen LogP contribution in [0.2, 0.25) is 0 Å². The Hall–Kier alpha value is -3.20. The number of hydrogen-bond acceptors (Lipinski definition) is 8. The Morgan fingerprint density at radius 1 is 1.15 bits per heavy atom. The molecule has 3 heterocycles. The molecular weight excluding hydrogens is 442 g/mol. The smallest absolute Gasteiger partial charge is 0.338 e. The van der Waals surface area contributed by atoms with Crippen LogP contribution in [0, 0.1) is 0 Å². The molecule has 0 spiro atoms. The van der Waals surface area contributed by atoms with Gasteiger partial charge in [0, 0.05) is 12.1 Å². The number of esters is 1. The van der Waals surface area contributed by atoms with Gasteiger partial charge in [0.1, 0.15) is 5.75 Å². The summed E-state index contributed by atoms with van der Waals surface area (Å²) >= 11 is 1.49. The van der Waals surface area contributed by atoms with Crippen molar-refractivity contribution in [2.45, 2.75) is 58.2 Å². The molecule has 3 aromatic rings. The molecule has 1 aliphatic heterocycles. The number of rotatable bonds is 7. The van der Waals surface area contributed by atoms with E-state index in [1.165, 1.54) is 11.3 Å². The normalized spacial score (nSPS) is 19.2. The maximum absolute atomic E-state index is 12.6. The van der Waals surface area contributed by atoms with Gasteiger partial charge in [-0.2, -0.15) is 0 Å². The summed E-state index contributed by atoms with van der Waals surface area (Å²) in [5.41, 5.74) is 0.358. The fraction of sp³-hybridized carbons (Fsp3) is 0.417. The minimum absolute atomic E-state index is 0.0199. The second-order valence-corrected chi connectivity index (χ2v) is 9.16. The molecule has 3 unspecified atom stereocenters. The van der Waals surface area contributed by atoms with Gasteiger partial charge in [0.25, 0.3) is 17.7 Å². The first-order chi connectivity index (χ1) is 15.9. The number of carbonyl (C=O) groups excluding carboxylic acids is 2. The molecule has 33 heavy (non-hydrogen) atoms. The highest BCUT2D eigenvalue weighted by Gasteiger charge is 2.29. The number of hydrogen-bond donors (Lipinski definition) is 0. The average Bonchev–Trinajstić information content (AvgIpc) is 3.50. The molecule has 0 N–H and O–H groups in total. The number of benzene rings is 1. The zero-order valence-corrected chi connectivity index (χ0v) is 19.7. The number of thiophene rings is 1. The summed E-state index contributed by atoms with van der Waals surface area (Å²) in [6.07, 6.45) is 2.49. The maximum atomic E-state index is 12.6. The van der Waals surface area contributed by atoms with E-state index in [2.05, 4.69) is 24.0 Å². The quantitative estimate of drug-likeness (QED) is 0.455. The third-order valence-corrected chi connectivity index (χ3v) is 6.60. The molecule has 1 aliphatic rings. The summed E-state index contributed by atoms with van der Waals surface area (Å²) in [7, 11) is 0. The second kappa shape index (κ2) is 10.2. The number of aromatic nitrogens is 2. The molecule has 0 saturated carbocycles. The first-order valence-corrected chi connectivity index (χ1v) is 11.9. The van der Waals surface area contributed by atoms with Crippen LogP contribution in [-0.4, -0.2) is 45.7 Å². The fourth-order valence-electron chi connectivity index (χ4n) is 4.00. The van der Waals surface area contributed by atoms with E-state index in [4.69, 9.17) is 13.9 Å². The van der Waals surface area contributed by atoms with E-state index in [9.17, 15) is 9.59 Å². The Labute approximate surface area is 196 Å². The van der Waals surface area contributed by atoms with Crippen molar-refractivity contribution in [1.82, 2.24) is 15.1 Å². The third-order valence-electron chi connectivity index (χ3n) is 5.74. The number of ether oxygens (including phenoxy) is 2. The van der Waals surface area contributed by atoms with Crippen molar-refractivity contribution < 1.29 is 23.5 Å². The van der Waals surface area contributed by atoms with Crippen molar-refractivity contribution in [1.29, 1.82) is 0 Å². The molecule has 0 bridgehead atoms. The lowest BCUT2D eigenvalue weighted by Crippen LogP contribution is -2.49. The molecule has 2 aromatic heterocycles.